The lowest BCUT2D eigenvalue weighted by atomic mass is 9.98. The van der Waals surface area contributed by atoms with Crippen LogP contribution in [0.5, 0.6) is 11.5 Å². The van der Waals surface area contributed by atoms with Gasteiger partial charge in [0.1, 0.15) is 0 Å². The van der Waals surface area contributed by atoms with Gasteiger partial charge in [-0.2, -0.15) is 0 Å². The van der Waals surface area contributed by atoms with Crippen LogP contribution in [0.1, 0.15) is 29.8 Å². The first-order valence-corrected chi connectivity index (χ1v) is 8.04. The van der Waals surface area contributed by atoms with Crippen LogP contribution in [0.15, 0.2) is 36.9 Å². The van der Waals surface area contributed by atoms with Crippen molar-refractivity contribution in [2.75, 3.05) is 6.79 Å². The van der Waals surface area contributed by atoms with Crippen molar-refractivity contribution in [3.63, 3.8) is 0 Å². The second-order valence-corrected chi connectivity index (χ2v) is 6.03. The fraction of sp³-hybridized carbons (Fsp3) is 0.353. The van der Waals surface area contributed by atoms with Gasteiger partial charge in [-0.15, -0.1) is 5.10 Å². The molecule has 0 radical (unpaired) electrons. The quantitative estimate of drug-likeness (QED) is 0.752. The van der Waals surface area contributed by atoms with Crippen LogP contribution in [0.4, 0.5) is 0 Å². The fourth-order valence-electron chi connectivity index (χ4n) is 2.83. The maximum atomic E-state index is 5.44. The summed E-state index contributed by atoms with van der Waals surface area (Å²) in [4.78, 5) is 7.11. The van der Waals surface area contributed by atoms with Gasteiger partial charge >= 0.3 is 0 Å². The van der Waals surface area contributed by atoms with E-state index in [9.17, 15) is 0 Å². The standard InChI is InChI=1S/C17H19N5O2/c1-12(6-13-2-3-16-17(7-13)24-11-23-16)15-9-22(21-20-15)5-4-14-8-18-10-19-14/h2-3,7-10,12H,4-6,11H2,1H3,(H,18,19)/t12-/m0/s1. The number of hydrogen-bond donors (Lipinski definition) is 1. The molecule has 0 amide bonds. The first-order valence-electron chi connectivity index (χ1n) is 8.04. The molecule has 0 unspecified atom stereocenters. The number of aryl methyl sites for hydroxylation is 2. The first-order chi connectivity index (χ1) is 11.8. The van der Waals surface area contributed by atoms with Crippen molar-refractivity contribution in [1.29, 1.82) is 0 Å². The minimum absolute atomic E-state index is 0.284. The Bertz CT molecular complexity index is 812. The van der Waals surface area contributed by atoms with E-state index in [0.29, 0.717) is 6.79 Å². The molecule has 3 heterocycles. The Hall–Kier alpha value is -2.83. The smallest absolute Gasteiger partial charge is 0.231 e. The molecular weight excluding hydrogens is 306 g/mol. The first kappa shape index (κ1) is 14.7. The van der Waals surface area contributed by atoms with Gasteiger partial charge in [-0.05, 0) is 24.1 Å². The zero-order chi connectivity index (χ0) is 16.4. The molecule has 1 aliphatic heterocycles. The summed E-state index contributed by atoms with van der Waals surface area (Å²) in [5.74, 6) is 1.92. The van der Waals surface area contributed by atoms with Gasteiger partial charge in [-0.25, -0.2) is 4.98 Å². The molecule has 124 valence electrons. The van der Waals surface area contributed by atoms with E-state index >= 15 is 0 Å². The molecule has 0 bridgehead atoms. The number of ether oxygens (including phenoxy) is 2. The molecule has 0 spiro atoms. The van der Waals surface area contributed by atoms with E-state index in [1.165, 1.54) is 5.56 Å². The average Bonchev–Trinajstić information content (AvgIpc) is 3.33. The Morgan fingerprint density at radius 2 is 2.21 bits per heavy atom. The van der Waals surface area contributed by atoms with Crippen LogP contribution in [0.2, 0.25) is 0 Å². The summed E-state index contributed by atoms with van der Waals surface area (Å²) in [6.45, 7) is 3.25. The average molecular weight is 325 g/mol. The third kappa shape index (κ3) is 3.10. The summed E-state index contributed by atoms with van der Waals surface area (Å²) < 4.78 is 12.7. The second kappa shape index (κ2) is 6.35. The number of fused-ring (bicyclic) bond motifs is 1. The lowest BCUT2D eigenvalue weighted by molar-refractivity contribution is 0.174. The van der Waals surface area contributed by atoms with Crippen molar-refractivity contribution < 1.29 is 9.47 Å². The number of imidazole rings is 1. The zero-order valence-corrected chi connectivity index (χ0v) is 13.5. The maximum absolute atomic E-state index is 5.44. The molecule has 0 fully saturated rings. The molecule has 0 saturated heterocycles. The van der Waals surface area contributed by atoms with Crippen LogP contribution < -0.4 is 9.47 Å². The number of aromatic amines is 1. The molecule has 1 aromatic carbocycles. The normalized spacial score (nSPS) is 14.0. The Labute approximate surface area is 139 Å². The van der Waals surface area contributed by atoms with Crippen molar-refractivity contribution >= 4 is 0 Å². The van der Waals surface area contributed by atoms with E-state index in [4.69, 9.17) is 9.47 Å². The van der Waals surface area contributed by atoms with E-state index in [1.54, 1.807) is 6.33 Å². The molecule has 24 heavy (non-hydrogen) atoms. The molecule has 7 heteroatoms. The predicted octanol–water partition coefficient (Wildman–Crippen LogP) is 2.32. The SMILES string of the molecule is C[C@@H](Cc1ccc2c(c1)OCO2)c1cn(CCc2cnc[nH]2)nn1. The van der Waals surface area contributed by atoms with Gasteiger partial charge in [0.15, 0.2) is 11.5 Å². The van der Waals surface area contributed by atoms with Gasteiger partial charge in [0, 0.05) is 37.0 Å². The summed E-state index contributed by atoms with van der Waals surface area (Å²) in [6.07, 6.45) is 7.29. The Morgan fingerprint density at radius 1 is 1.29 bits per heavy atom. The van der Waals surface area contributed by atoms with Gasteiger partial charge in [-0.1, -0.05) is 18.2 Å². The van der Waals surface area contributed by atoms with Crippen LogP contribution in [-0.4, -0.2) is 31.8 Å². The Morgan fingerprint density at radius 3 is 3.08 bits per heavy atom. The van der Waals surface area contributed by atoms with Crippen molar-refractivity contribution in [1.82, 2.24) is 25.0 Å². The lowest BCUT2D eigenvalue weighted by Gasteiger charge is -2.08. The Balaban J connectivity index is 1.38. The number of nitrogens with one attached hydrogen (secondary N) is 1. The van der Waals surface area contributed by atoms with Crippen LogP contribution in [0, 0.1) is 0 Å². The minimum atomic E-state index is 0.284. The third-order valence-corrected chi connectivity index (χ3v) is 4.21. The second-order valence-electron chi connectivity index (χ2n) is 6.03. The maximum Gasteiger partial charge on any atom is 0.231 e. The van der Waals surface area contributed by atoms with Gasteiger partial charge in [0.2, 0.25) is 6.79 Å². The minimum Gasteiger partial charge on any atom is -0.454 e. The number of benzene rings is 1. The highest BCUT2D eigenvalue weighted by atomic mass is 16.7. The molecule has 0 aliphatic carbocycles. The van der Waals surface area contributed by atoms with Crippen molar-refractivity contribution in [3.05, 3.63) is 53.9 Å². The van der Waals surface area contributed by atoms with Gasteiger partial charge < -0.3 is 14.5 Å². The van der Waals surface area contributed by atoms with Crippen LogP contribution >= 0.6 is 0 Å². The monoisotopic (exact) mass is 325 g/mol. The highest BCUT2D eigenvalue weighted by Gasteiger charge is 2.16. The lowest BCUT2D eigenvalue weighted by Crippen LogP contribution is -2.02. The molecular formula is C17H19N5O2. The van der Waals surface area contributed by atoms with Crippen LogP contribution in [0.25, 0.3) is 0 Å². The number of H-pyrrole nitrogens is 1. The highest BCUT2D eigenvalue weighted by molar-refractivity contribution is 5.44. The molecule has 7 nitrogen and oxygen atoms in total. The topological polar surface area (TPSA) is 77.9 Å². The summed E-state index contributed by atoms with van der Waals surface area (Å²) >= 11 is 0. The largest absolute Gasteiger partial charge is 0.454 e. The molecule has 1 aliphatic rings. The van der Waals surface area contributed by atoms with E-state index in [2.05, 4.69) is 33.3 Å². The molecule has 4 rings (SSSR count). The van der Waals surface area contributed by atoms with E-state index in [-0.39, 0.29) is 5.92 Å². The molecule has 1 atom stereocenters. The number of aromatic nitrogens is 5. The van der Waals surface area contributed by atoms with E-state index in [1.807, 2.05) is 29.2 Å². The Kier molecular flexibility index (Phi) is 3.90. The summed E-state index contributed by atoms with van der Waals surface area (Å²) in [6, 6.07) is 6.08. The van der Waals surface area contributed by atoms with Gasteiger partial charge in [0.05, 0.1) is 12.0 Å². The van der Waals surface area contributed by atoms with E-state index in [0.717, 1.165) is 42.3 Å². The summed E-state index contributed by atoms with van der Waals surface area (Å²) in [5.41, 5.74) is 3.30. The number of rotatable bonds is 6. The highest BCUT2D eigenvalue weighted by Crippen LogP contribution is 2.33. The molecule has 1 N–H and O–H groups in total. The summed E-state index contributed by atoms with van der Waals surface area (Å²) in [5, 5.41) is 8.54. The van der Waals surface area contributed by atoms with Crippen molar-refractivity contribution in [3.8, 4) is 11.5 Å². The van der Waals surface area contributed by atoms with Gasteiger partial charge in [-0.3, -0.25) is 4.68 Å². The third-order valence-electron chi connectivity index (χ3n) is 4.21. The summed E-state index contributed by atoms with van der Waals surface area (Å²) in [7, 11) is 0. The zero-order valence-electron chi connectivity index (χ0n) is 13.5. The number of nitrogens with zero attached hydrogens (tertiary/aromatic N) is 4. The number of hydrogen-bond acceptors (Lipinski definition) is 5. The molecule has 3 aromatic rings. The predicted molar refractivity (Wildman–Crippen MR) is 87.0 cm³/mol. The van der Waals surface area contributed by atoms with Gasteiger partial charge in [0.25, 0.3) is 0 Å². The van der Waals surface area contributed by atoms with Crippen LogP contribution in [-0.2, 0) is 19.4 Å². The van der Waals surface area contributed by atoms with Crippen LogP contribution in [0.3, 0.4) is 0 Å². The molecule has 2 aromatic heterocycles. The van der Waals surface area contributed by atoms with Crippen molar-refractivity contribution in [2.24, 2.45) is 0 Å². The van der Waals surface area contributed by atoms with E-state index < -0.39 is 0 Å². The fourth-order valence-corrected chi connectivity index (χ4v) is 2.83. The van der Waals surface area contributed by atoms with Crippen molar-refractivity contribution in [2.45, 2.75) is 32.2 Å². The molecule has 0 saturated carbocycles.